The van der Waals surface area contributed by atoms with Crippen LogP contribution in [0, 0.1) is 6.92 Å². The third-order valence-corrected chi connectivity index (χ3v) is 5.22. The van der Waals surface area contributed by atoms with E-state index in [9.17, 15) is 9.90 Å². The van der Waals surface area contributed by atoms with Crippen LogP contribution < -0.4 is 10.1 Å². The molecule has 0 fully saturated rings. The van der Waals surface area contributed by atoms with Crippen LogP contribution in [0.5, 0.6) is 11.5 Å². The van der Waals surface area contributed by atoms with Crippen LogP contribution >= 0.6 is 11.3 Å². The van der Waals surface area contributed by atoms with Gasteiger partial charge in [-0.15, -0.1) is 11.3 Å². The molecule has 0 aliphatic heterocycles. The van der Waals surface area contributed by atoms with E-state index in [1.54, 1.807) is 6.92 Å². The third kappa shape index (κ3) is 3.32. The van der Waals surface area contributed by atoms with Crippen molar-refractivity contribution in [1.82, 2.24) is 9.97 Å². The zero-order valence-corrected chi connectivity index (χ0v) is 15.2. The Bertz CT molecular complexity index is 1130. The number of nitrogens with zero attached hydrogens (tertiary/aromatic N) is 2. The first-order valence-electron chi connectivity index (χ1n) is 8.20. The van der Waals surface area contributed by atoms with Gasteiger partial charge >= 0.3 is 5.97 Å². The van der Waals surface area contributed by atoms with Crippen molar-refractivity contribution in [3.63, 3.8) is 0 Å². The molecule has 7 heteroatoms. The average Bonchev–Trinajstić information content (AvgIpc) is 3.02. The molecule has 134 valence electrons. The lowest BCUT2D eigenvalue weighted by Crippen LogP contribution is -1.99. The fraction of sp³-hybridized carbons (Fsp3) is 0.0500. The van der Waals surface area contributed by atoms with Gasteiger partial charge in [0, 0.05) is 0 Å². The molecule has 2 aromatic heterocycles. The molecule has 0 atom stereocenters. The summed E-state index contributed by atoms with van der Waals surface area (Å²) in [4.78, 5) is 20.9. The summed E-state index contributed by atoms with van der Waals surface area (Å²) in [6.45, 7) is 1.77. The molecule has 4 aromatic rings. The Hall–Kier alpha value is -3.45. The maximum atomic E-state index is 11.4. The zero-order chi connectivity index (χ0) is 18.8. The second-order valence-electron chi connectivity index (χ2n) is 5.80. The number of thiophene rings is 1. The van der Waals surface area contributed by atoms with E-state index in [0.29, 0.717) is 27.3 Å². The van der Waals surface area contributed by atoms with Crippen molar-refractivity contribution in [2.45, 2.75) is 6.92 Å². The third-order valence-electron chi connectivity index (χ3n) is 4.03. The van der Waals surface area contributed by atoms with Crippen LogP contribution in [0.2, 0.25) is 0 Å². The number of fused-ring (bicyclic) bond motifs is 1. The second-order valence-corrected chi connectivity index (χ2v) is 6.80. The first kappa shape index (κ1) is 17.0. The van der Waals surface area contributed by atoms with Crippen molar-refractivity contribution in [1.29, 1.82) is 0 Å². The van der Waals surface area contributed by atoms with Crippen LogP contribution in [0.4, 0.5) is 11.5 Å². The van der Waals surface area contributed by atoms with Gasteiger partial charge in [0.05, 0.1) is 11.1 Å². The van der Waals surface area contributed by atoms with Crippen molar-refractivity contribution in [2.24, 2.45) is 0 Å². The summed E-state index contributed by atoms with van der Waals surface area (Å²) < 4.78 is 5.97. The molecule has 0 aliphatic carbocycles. The monoisotopic (exact) mass is 377 g/mol. The Kier molecular flexibility index (Phi) is 4.43. The molecule has 0 saturated heterocycles. The molecule has 6 nitrogen and oxygen atoms in total. The summed E-state index contributed by atoms with van der Waals surface area (Å²) in [6.07, 6.45) is 1.42. The van der Waals surface area contributed by atoms with Gasteiger partial charge in [0.2, 0.25) is 0 Å². The number of anilines is 2. The van der Waals surface area contributed by atoms with Crippen molar-refractivity contribution in [3.05, 3.63) is 71.4 Å². The topological polar surface area (TPSA) is 84.3 Å². The molecule has 4 rings (SSSR count). The second kappa shape index (κ2) is 7.05. The van der Waals surface area contributed by atoms with Crippen LogP contribution in [-0.4, -0.2) is 21.0 Å². The van der Waals surface area contributed by atoms with Gasteiger partial charge in [0.15, 0.2) is 5.75 Å². The maximum absolute atomic E-state index is 11.4. The molecule has 27 heavy (non-hydrogen) atoms. The highest BCUT2D eigenvalue weighted by Gasteiger charge is 2.19. The lowest BCUT2D eigenvalue weighted by atomic mass is 10.2. The minimum absolute atomic E-state index is 0.266. The first-order chi connectivity index (χ1) is 13.1. The fourth-order valence-corrected chi connectivity index (χ4v) is 3.76. The van der Waals surface area contributed by atoms with E-state index in [4.69, 9.17) is 4.74 Å². The number of carboxylic acid groups (broad SMARTS) is 1. The Morgan fingerprint density at radius 1 is 1.07 bits per heavy atom. The Morgan fingerprint density at radius 3 is 2.59 bits per heavy atom. The standard InChI is InChI=1S/C20H15N3O3S/c1-12-16-18(21-11-22-19(16)27-17(12)20(24)25)23-14-9-5-6-10-15(14)26-13-7-3-2-4-8-13/h2-11H,1H3,(H,24,25)(H,21,22,23). The van der Waals surface area contributed by atoms with E-state index in [0.717, 1.165) is 22.8 Å². The highest BCUT2D eigenvalue weighted by molar-refractivity contribution is 7.20. The van der Waals surface area contributed by atoms with Crippen LogP contribution in [-0.2, 0) is 0 Å². The number of para-hydroxylation sites is 3. The Labute approximate surface area is 159 Å². The Morgan fingerprint density at radius 2 is 1.81 bits per heavy atom. The van der Waals surface area contributed by atoms with Crippen LogP contribution in [0.1, 0.15) is 15.2 Å². The van der Waals surface area contributed by atoms with E-state index in [1.165, 1.54) is 6.33 Å². The number of nitrogens with one attached hydrogen (secondary N) is 1. The molecule has 0 bridgehead atoms. The summed E-state index contributed by atoms with van der Waals surface area (Å²) in [5.74, 6) is 0.945. The normalized spacial score (nSPS) is 10.7. The number of benzene rings is 2. The van der Waals surface area contributed by atoms with Gasteiger partial charge in [-0.05, 0) is 36.8 Å². The van der Waals surface area contributed by atoms with Crippen molar-refractivity contribution >= 4 is 39.0 Å². The Balaban J connectivity index is 1.74. The number of carbonyl (C=O) groups is 1. The number of rotatable bonds is 5. The molecule has 0 saturated carbocycles. The molecule has 2 N–H and O–H groups in total. The lowest BCUT2D eigenvalue weighted by molar-refractivity contribution is 0.0701. The largest absolute Gasteiger partial charge is 0.477 e. The predicted octanol–water partition coefficient (Wildman–Crippen LogP) is 5.23. The molecule has 2 heterocycles. The summed E-state index contributed by atoms with van der Waals surface area (Å²) in [6, 6.07) is 17.0. The predicted molar refractivity (Wildman–Crippen MR) is 105 cm³/mol. The van der Waals surface area contributed by atoms with E-state index < -0.39 is 5.97 Å². The van der Waals surface area contributed by atoms with Crippen LogP contribution in [0.15, 0.2) is 60.9 Å². The van der Waals surface area contributed by atoms with Gasteiger partial charge < -0.3 is 15.2 Å². The van der Waals surface area contributed by atoms with E-state index in [1.807, 2.05) is 54.6 Å². The number of aryl methyl sites for hydroxylation is 1. The van der Waals surface area contributed by atoms with Crippen molar-refractivity contribution in [2.75, 3.05) is 5.32 Å². The summed E-state index contributed by atoms with van der Waals surface area (Å²) in [5.41, 5.74) is 1.37. The fourth-order valence-electron chi connectivity index (χ4n) is 2.77. The smallest absolute Gasteiger partial charge is 0.346 e. The minimum atomic E-state index is -0.964. The molecule has 0 radical (unpaired) electrons. The number of hydrogen-bond donors (Lipinski definition) is 2. The molecule has 0 unspecified atom stereocenters. The summed E-state index contributed by atoms with van der Waals surface area (Å²) >= 11 is 1.14. The maximum Gasteiger partial charge on any atom is 0.346 e. The van der Waals surface area contributed by atoms with E-state index >= 15 is 0 Å². The number of carboxylic acids is 1. The van der Waals surface area contributed by atoms with E-state index in [-0.39, 0.29) is 4.88 Å². The number of hydrogen-bond acceptors (Lipinski definition) is 6. The van der Waals surface area contributed by atoms with Gasteiger partial charge in [0.1, 0.15) is 27.6 Å². The molecule has 2 aromatic carbocycles. The number of aromatic nitrogens is 2. The zero-order valence-electron chi connectivity index (χ0n) is 14.3. The van der Waals surface area contributed by atoms with Gasteiger partial charge in [-0.1, -0.05) is 30.3 Å². The van der Waals surface area contributed by atoms with Gasteiger partial charge in [-0.3, -0.25) is 0 Å². The summed E-state index contributed by atoms with van der Waals surface area (Å²) in [7, 11) is 0. The highest BCUT2D eigenvalue weighted by atomic mass is 32.1. The van der Waals surface area contributed by atoms with Crippen molar-refractivity contribution < 1.29 is 14.6 Å². The highest BCUT2D eigenvalue weighted by Crippen LogP contribution is 2.37. The van der Waals surface area contributed by atoms with Gasteiger partial charge in [0.25, 0.3) is 0 Å². The number of aromatic carboxylic acids is 1. The minimum Gasteiger partial charge on any atom is -0.477 e. The number of ether oxygens (including phenoxy) is 1. The SMILES string of the molecule is Cc1c(C(=O)O)sc2ncnc(Nc3ccccc3Oc3ccccc3)c12. The van der Waals surface area contributed by atoms with E-state index in [2.05, 4.69) is 15.3 Å². The molecule has 0 spiro atoms. The quantitative estimate of drug-likeness (QED) is 0.495. The van der Waals surface area contributed by atoms with Gasteiger partial charge in [-0.25, -0.2) is 14.8 Å². The van der Waals surface area contributed by atoms with Gasteiger partial charge in [-0.2, -0.15) is 0 Å². The summed E-state index contributed by atoms with van der Waals surface area (Å²) in [5, 5.41) is 13.3. The van der Waals surface area contributed by atoms with Crippen LogP contribution in [0.25, 0.3) is 10.2 Å². The molecule has 0 amide bonds. The molecular formula is C20H15N3O3S. The first-order valence-corrected chi connectivity index (χ1v) is 9.01. The van der Waals surface area contributed by atoms with Crippen LogP contribution in [0.3, 0.4) is 0 Å². The lowest BCUT2D eigenvalue weighted by Gasteiger charge is -2.13. The van der Waals surface area contributed by atoms with Crippen molar-refractivity contribution in [3.8, 4) is 11.5 Å². The average molecular weight is 377 g/mol. The molecular weight excluding hydrogens is 362 g/mol. The molecule has 0 aliphatic rings.